The zero-order valence-corrected chi connectivity index (χ0v) is 14.7. The predicted molar refractivity (Wildman–Crippen MR) is 86.5 cm³/mol. The van der Waals surface area contributed by atoms with Gasteiger partial charge in [-0.2, -0.15) is 13.2 Å². The molecule has 0 amide bonds. The van der Waals surface area contributed by atoms with Crippen molar-refractivity contribution < 1.29 is 17.6 Å². The van der Waals surface area contributed by atoms with Crippen molar-refractivity contribution in [2.24, 2.45) is 0 Å². The smallest absolute Gasteiger partial charge is 0.314 e. The molecule has 2 nitrogen and oxygen atoms in total. The molecule has 1 aromatic carbocycles. The molecule has 2 rings (SSSR count). The lowest BCUT2D eigenvalue weighted by molar-refractivity contribution is -0.148. The number of alkyl halides is 3. The summed E-state index contributed by atoms with van der Waals surface area (Å²) in [6, 6.07) is 3.30. The van der Waals surface area contributed by atoms with E-state index in [0.29, 0.717) is 31.7 Å². The lowest BCUT2D eigenvalue weighted by atomic mass is 10.0. The van der Waals surface area contributed by atoms with Crippen molar-refractivity contribution in [2.75, 3.05) is 26.2 Å². The summed E-state index contributed by atoms with van der Waals surface area (Å²) in [5.74, 6) is -0.472. The topological polar surface area (TPSA) is 15.3 Å². The second-order valence-corrected chi connectivity index (χ2v) is 5.65. The maximum Gasteiger partial charge on any atom is 0.390 e. The maximum atomic E-state index is 13.2. The van der Waals surface area contributed by atoms with E-state index in [9.17, 15) is 17.6 Å². The number of nitrogens with zero attached hydrogens (tertiary/aromatic N) is 1. The first-order valence-corrected chi connectivity index (χ1v) is 7.12. The Labute approximate surface area is 147 Å². The van der Waals surface area contributed by atoms with Crippen LogP contribution in [0.25, 0.3) is 0 Å². The number of halogens is 7. The molecule has 1 heterocycles. The van der Waals surface area contributed by atoms with Crippen LogP contribution in [0.2, 0.25) is 0 Å². The highest BCUT2D eigenvalue weighted by Crippen LogP contribution is 2.35. The van der Waals surface area contributed by atoms with Crippen molar-refractivity contribution in [3.63, 3.8) is 0 Å². The molecule has 0 unspecified atom stereocenters. The van der Waals surface area contributed by atoms with Gasteiger partial charge in [0, 0.05) is 32.2 Å². The van der Waals surface area contributed by atoms with Crippen LogP contribution < -0.4 is 5.32 Å². The molecule has 128 valence electrons. The highest BCUT2D eigenvalue weighted by atomic mass is 79.9. The summed E-state index contributed by atoms with van der Waals surface area (Å²) in [6.45, 7) is 2.43. The molecule has 0 aliphatic carbocycles. The van der Waals surface area contributed by atoms with Gasteiger partial charge in [0.25, 0.3) is 0 Å². The van der Waals surface area contributed by atoms with Gasteiger partial charge in [-0.25, -0.2) is 4.39 Å². The number of piperazine rings is 1. The summed E-state index contributed by atoms with van der Waals surface area (Å²) in [5, 5.41) is 3.11. The molecule has 0 aromatic heterocycles. The van der Waals surface area contributed by atoms with Crippen molar-refractivity contribution in [3.8, 4) is 0 Å². The van der Waals surface area contributed by atoms with E-state index in [1.54, 1.807) is 4.90 Å². The Morgan fingerprint density at radius 1 is 1.18 bits per heavy atom. The zero-order chi connectivity index (χ0) is 14.8. The fourth-order valence-electron chi connectivity index (χ4n) is 2.39. The summed E-state index contributed by atoms with van der Waals surface area (Å²) in [6.07, 6.45) is -5.18. The first-order valence-electron chi connectivity index (χ1n) is 6.33. The average molecular weight is 428 g/mol. The number of benzene rings is 1. The Morgan fingerprint density at radius 2 is 1.77 bits per heavy atom. The van der Waals surface area contributed by atoms with Gasteiger partial charge < -0.3 is 5.32 Å². The standard InChI is InChI=1S/C13H15BrF4N2.2ClH/c14-10-7-9(1-2-11(10)15)12(8-13(16,17)18)20-5-3-19-4-6-20;;/h1-2,7,12,19H,3-6,8H2;2*1H/t12-;;/m0../s1. The van der Waals surface area contributed by atoms with Crippen molar-refractivity contribution in [1.82, 2.24) is 10.2 Å². The molecular formula is C13H17BrCl2F4N2. The highest BCUT2D eigenvalue weighted by Gasteiger charge is 2.36. The Morgan fingerprint density at radius 3 is 2.27 bits per heavy atom. The normalized spacial score (nSPS) is 17.3. The van der Waals surface area contributed by atoms with E-state index in [-0.39, 0.29) is 29.3 Å². The van der Waals surface area contributed by atoms with Gasteiger partial charge in [0.1, 0.15) is 5.82 Å². The van der Waals surface area contributed by atoms with Gasteiger partial charge in [-0.15, -0.1) is 24.8 Å². The van der Waals surface area contributed by atoms with Crippen molar-refractivity contribution in [2.45, 2.75) is 18.6 Å². The highest BCUT2D eigenvalue weighted by molar-refractivity contribution is 9.10. The SMILES string of the molecule is Cl.Cl.Fc1ccc([C@H](CC(F)(F)F)N2CCNCC2)cc1Br. The Bertz CT molecular complexity index is 468. The number of rotatable bonds is 3. The van der Waals surface area contributed by atoms with Crippen molar-refractivity contribution in [1.29, 1.82) is 0 Å². The van der Waals surface area contributed by atoms with E-state index in [1.165, 1.54) is 18.2 Å². The molecule has 0 radical (unpaired) electrons. The summed E-state index contributed by atoms with van der Waals surface area (Å²) >= 11 is 3.03. The van der Waals surface area contributed by atoms with Gasteiger partial charge in [-0.3, -0.25) is 4.90 Å². The van der Waals surface area contributed by atoms with Crippen LogP contribution in [0.15, 0.2) is 22.7 Å². The summed E-state index contributed by atoms with van der Waals surface area (Å²) in [7, 11) is 0. The zero-order valence-electron chi connectivity index (χ0n) is 11.5. The minimum absolute atomic E-state index is 0. The molecule has 1 aliphatic heterocycles. The molecular weight excluding hydrogens is 411 g/mol. The molecule has 1 fully saturated rings. The van der Waals surface area contributed by atoms with Crippen LogP contribution in [-0.2, 0) is 0 Å². The molecule has 1 atom stereocenters. The van der Waals surface area contributed by atoms with E-state index < -0.39 is 24.5 Å². The molecule has 0 saturated carbocycles. The molecule has 1 aliphatic rings. The van der Waals surface area contributed by atoms with E-state index in [2.05, 4.69) is 21.2 Å². The van der Waals surface area contributed by atoms with Gasteiger partial charge >= 0.3 is 6.18 Å². The quantitative estimate of drug-likeness (QED) is 0.722. The molecule has 0 spiro atoms. The maximum absolute atomic E-state index is 13.2. The fourth-order valence-corrected chi connectivity index (χ4v) is 2.79. The fraction of sp³-hybridized carbons (Fsp3) is 0.538. The van der Waals surface area contributed by atoms with Gasteiger partial charge in [-0.1, -0.05) is 6.07 Å². The second-order valence-electron chi connectivity index (χ2n) is 4.79. The van der Waals surface area contributed by atoms with Gasteiger partial charge in [0.2, 0.25) is 0 Å². The monoisotopic (exact) mass is 426 g/mol. The first-order chi connectivity index (χ1) is 9.37. The molecule has 0 bridgehead atoms. The van der Waals surface area contributed by atoms with Crippen LogP contribution in [0.3, 0.4) is 0 Å². The minimum atomic E-state index is -4.25. The third-order valence-electron chi connectivity index (χ3n) is 3.35. The molecule has 1 aromatic rings. The largest absolute Gasteiger partial charge is 0.390 e. The third kappa shape index (κ3) is 6.20. The van der Waals surface area contributed by atoms with E-state index >= 15 is 0 Å². The summed E-state index contributed by atoms with van der Waals surface area (Å²) in [5.41, 5.74) is 0.484. The summed E-state index contributed by atoms with van der Waals surface area (Å²) < 4.78 is 51.8. The van der Waals surface area contributed by atoms with Gasteiger partial charge in [0.05, 0.1) is 10.9 Å². The second kappa shape index (κ2) is 9.27. The van der Waals surface area contributed by atoms with Crippen LogP contribution >= 0.6 is 40.7 Å². The van der Waals surface area contributed by atoms with Gasteiger partial charge in [0.15, 0.2) is 0 Å². The lowest BCUT2D eigenvalue weighted by Gasteiger charge is -2.35. The van der Waals surface area contributed by atoms with Crippen LogP contribution in [0.1, 0.15) is 18.0 Å². The molecule has 9 heteroatoms. The summed E-state index contributed by atoms with van der Waals surface area (Å²) in [4.78, 5) is 1.80. The van der Waals surface area contributed by atoms with E-state index in [4.69, 9.17) is 0 Å². The molecule has 1 saturated heterocycles. The average Bonchev–Trinajstić information content (AvgIpc) is 2.39. The number of hydrogen-bond donors (Lipinski definition) is 1. The Hall–Kier alpha value is -0.0800. The van der Waals surface area contributed by atoms with Crippen LogP contribution in [0.4, 0.5) is 17.6 Å². The van der Waals surface area contributed by atoms with Crippen LogP contribution in [-0.4, -0.2) is 37.3 Å². The molecule has 22 heavy (non-hydrogen) atoms. The van der Waals surface area contributed by atoms with E-state index in [1.807, 2.05) is 0 Å². The van der Waals surface area contributed by atoms with Crippen molar-refractivity contribution >= 4 is 40.7 Å². The van der Waals surface area contributed by atoms with Crippen LogP contribution in [0, 0.1) is 5.82 Å². The number of hydrogen-bond acceptors (Lipinski definition) is 2. The predicted octanol–water partition coefficient (Wildman–Crippen LogP) is 4.33. The van der Waals surface area contributed by atoms with Gasteiger partial charge in [-0.05, 0) is 33.6 Å². The Balaban J connectivity index is 0.00000220. The van der Waals surface area contributed by atoms with Crippen LogP contribution in [0.5, 0.6) is 0 Å². The first kappa shape index (κ1) is 21.9. The number of nitrogens with one attached hydrogen (secondary N) is 1. The lowest BCUT2D eigenvalue weighted by Crippen LogP contribution is -2.46. The van der Waals surface area contributed by atoms with Crippen molar-refractivity contribution in [3.05, 3.63) is 34.1 Å². The minimum Gasteiger partial charge on any atom is -0.314 e. The third-order valence-corrected chi connectivity index (χ3v) is 3.95. The molecule has 1 N–H and O–H groups in total. The van der Waals surface area contributed by atoms with E-state index in [0.717, 1.165) is 0 Å². The Kier molecular flexibility index (Phi) is 9.24.